The van der Waals surface area contributed by atoms with Gasteiger partial charge in [0.05, 0.1) is 5.69 Å². The van der Waals surface area contributed by atoms with Crippen molar-refractivity contribution < 1.29 is 4.52 Å². The van der Waals surface area contributed by atoms with E-state index in [4.69, 9.17) is 4.52 Å². The van der Waals surface area contributed by atoms with E-state index in [9.17, 15) is 0 Å². The summed E-state index contributed by atoms with van der Waals surface area (Å²) in [5, 5.41) is 12.6. The fourth-order valence-corrected chi connectivity index (χ4v) is 1.58. The molecular weight excluding hydrogens is 262 g/mol. The van der Waals surface area contributed by atoms with Crippen molar-refractivity contribution >= 4 is 15.9 Å². The zero-order valence-corrected chi connectivity index (χ0v) is 9.81. The molecule has 6 nitrogen and oxygen atoms in total. The molecule has 2 aromatic heterocycles. The molecule has 0 unspecified atom stereocenters. The third-order valence-corrected chi connectivity index (χ3v) is 2.21. The number of hydrogen-bond acceptors (Lipinski definition) is 5. The van der Waals surface area contributed by atoms with Gasteiger partial charge in [0.2, 0.25) is 5.89 Å². The van der Waals surface area contributed by atoms with Crippen molar-refractivity contribution in [1.82, 2.24) is 25.1 Å². The second-order valence-corrected chi connectivity index (χ2v) is 3.87. The monoisotopic (exact) mass is 271 g/mol. The highest BCUT2D eigenvalue weighted by Gasteiger charge is 2.05. The maximum absolute atomic E-state index is 4.86. The number of halogens is 1. The highest BCUT2D eigenvalue weighted by molar-refractivity contribution is 9.09. The van der Waals surface area contributed by atoms with Gasteiger partial charge in [0, 0.05) is 24.9 Å². The summed E-state index contributed by atoms with van der Waals surface area (Å²) < 4.78 is 6.56. The molecule has 0 radical (unpaired) electrons. The first kappa shape index (κ1) is 10.3. The summed E-state index contributed by atoms with van der Waals surface area (Å²) in [4.78, 5) is 4.09. The van der Waals surface area contributed by atoms with E-state index in [2.05, 4.69) is 36.4 Å². The van der Waals surface area contributed by atoms with Crippen LogP contribution in [0, 0.1) is 6.92 Å². The van der Waals surface area contributed by atoms with Gasteiger partial charge in [0.15, 0.2) is 5.82 Å². The van der Waals surface area contributed by atoms with Crippen LogP contribution in [0.4, 0.5) is 0 Å². The zero-order valence-electron chi connectivity index (χ0n) is 8.22. The summed E-state index contributed by atoms with van der Waals surface area (Å²) in [7, 11) is 0. The van der Waals surface area contributed by atoms with Crippen LogP contribution < -0.4 is 0 Å². The Labute approximate surface area is 94.8 Å². The van der Waals surface area contributed by atoms with Gasteiger partial charge in [0.25, 0.3) is 0 Å². The molecule has 0 N–H and O–H groups in total. The van der Waals surface area contributed by atoms with Crippen molar-refractivity contribution in [2.45, 2.75) is 19.9 Å². The molecule has 0 spiro atoms. The molecule has 0 aliphatic rings. The predicted molar refractivity (Wildman–Crippen MR) is 55.7 cm³/mol. The molecule has 0 aliphatic carbocycles. The predicted octanol–water partition coefficient (Wildman–Crippen LogP) is 0.955. The minimum Gasteiger partial charge on any atom is -0.340 e. The Balaban J connectivity index is 2.04. The van der Waals surface area contributed by atoms with E-state index in [1.807, 2.05) is 6.20 Å². The highest BCUT2D eigenvalue weighted by Crippen LogP contribution is 2.01. The largest absolute Gasteiger partial charge is 0.340 e. The van der Waals surface area contributed by atoms with Crippen LogP contribution in [0.25, 0.3) is 0 Å². The van der Waals surface area contributed by atoms with Crippen LogP contribution in [0.2, 0.25) is 0 Å². The van der Waals surface area contributed by atoms with Gasteiger partial charge in [-0.1, -0.05) is 26.3 Å². The lowest BCUT2D eigenvalue weighted by Crippen LogP contribution is -2.02. The maximum atomic E-state index is 4.86. The van der Waals surface area contributed by atoms with E-state index < -0.39 is 0 Å². The molecule has 0 bridgehead atoms. The lowest BCUT2D eigenvalue weighted by atomic mass is 10.4. The number of aromatic nitrogens is 5. The van der Waals surface area contributed by atoms with E-state index in [0.717, 1.165) is 17.4 Å². The van der Waals surface area contributed by atoms with Gasteiger partial charge in [-0.05, 0) is 0 Å². The molecule has 0 saturated heterocycles. The van der Waals surface area contributed by atoms with Gasteiger partial charge in [-0.25, -0.2) is 4.68 Å². The Morgan fingerprint density at radius 3 is 3.07 bits per heavy atom. The second-order valence-electron chi connectivity index (χ2n) is 3.08. The summed E-state index contributed by atoms with van der Waals surface area (Å²) >= 11 is 3.35. The van der Waals surface area contributed by atoms with Crippen LogP contribution in [0.3, 0.4) is 0 Å². The quantitative estimate of drug-likeness (QED) is 0.775. The Bertz CT molecular complexity index is 438. The Morgan fingerprint density at radius 2 is 2.40 bits per heavy atom. The van der Waals surface area contributed by atoms with E-state index in [1.54, 1.807) is 11.6 Å². The molecule has 0 fully saturated rings. The average Bonchev–Trinajstić information content (AvgIpc) is 2.78. The number of nitrogens with zero attached hydrogens (tertiary/aromatic N) is 5. The maximum Gasteiger partial charge on any atom is 0.223 e. The minimum atomic E-state index is 0.493. The normalized spacial score (nSPS) is 10.8. The summed E-state index contributed by atoms with van der Waals surface area (Å²) in [5.41, 5.74) is 0.951. The van der Waals surface area contributed by atoms with E-state index >= 15 is 0 Å². The summed E-state index contributed by atoms with van der Waals surface area (Å²) in [5.74, 6) is 1.17. The molecule has 0 aliphatic heterocycles. The van der Waals surface area contributed by atoms with Gasteiger partial charge >= 0.3 is 0 Å². The number of alkyl halides is 1. The van der Waals surface area contributed by atoms with Crippen molar-refractivity contribution in [2.24, 2.45) is 0 Å². The molecule has 80 valence electrons. The van der Waals surface area contributed by atoms with Gasteiger partial charge < -0.3 is 4.52 Å². The number of rotatable bonds is 4. The fraction of sp³-hybridized carbons (Fsp3) is 0.500. The summed E-state index contributed by atoms with van der Waals surface area (Å²) in [6.07, 6.45) is 2.75. The Kier molecular flexibility index (Phi) is 3.10. The minimum absolute atomic E-state index is 0.493. The topological polar surface area (TPSA) is 69.6 Å². The highest BCUT2D eigenvalue weighted by atomic mass is 79.9. The molecule has 7 heteroatoms. The lowest BCUT2D eigenvalue weighted by Gasteiger charge is -1.91. The van der Waals surface area contributed by atoms with Crippen LogP contribution in [0.1, 0.15) is 17.4 Å². The van der Waals surface area contributed by atoms with Crippen LogP contribution in [-0.4, -0.2) is 30.5 Å². The lowest BCUT2D eigenvalue weighted by molar-refractivity contribution is 0.385. The van der Waals surface area contributed by atoms with Crippen LogP contribution in [0.15, 0.2) is 10.7 Å². The van der Waals surface area contributed by atoms with Gasteiger partial charge in [-0.15, -0.1) is 5.10 Å². The smallest absolute Gasteiger partial charge is 0.223 e. The Hall–Kier alpha value is -1.24. The molecule has 0 atom stereocenters. The van der Waals surface area contributed by atoms with Crippen molar-refractivity contribution in [1.29, 1.82) is 0 Å². The van der Waals surface area contributed by atoms with E-state index in [-0.39, 0.29) is 0 Å². The molecule has 0 saturated carbocycles. The fourth-order valence-electron chi connectivity index (χ4n) is 1.18. The first-order valence-electron chi connectivity index (χ1n) is 4.52. The van der Waals surface area contributed by atoms with Crippen molar-refractivity contribution in [3.8, 4) is 0 Å². The summed E-state index contributed by atoms with van der Waals surface area (Å²) in [6, 6.07) is 0. The average molecular weight is 272 g/mol. The molecular formula is C8H10BrN5O. The zero-order chi connectivity index (χ0) is 10.7. The van der Waals surface area contributed by atoms with E-state index in [0.29, 0.717) is 18.3 Å². The molecule has 0 aromatic carbocycles. The first-order valence-corrected chi connectivity index (χ1v) is 5.64. The molecule has 2 heterocycles. The van der Waals surface area contributed by atoms with Gasteiger partial charge in [-0.2, -0.15) is 4.98 Å². The van der Waals surface area contributed by atoms with Crippen LogP contribution >= 0.6 is 15.9 Å². The van der Waals surface area contributed by atoms with Crippen molar-refractivity contribution in [2.75, 3.05) is 5.33 Å². The molecule has 2 aromatic rings. The third kappa shape index (κ3) is 2.62. The summed E-state index contributed by atoms with van der Waals surface area (Å²) in [6.45, 7) is 2.25. The number of aryl methyl sites for hydroxylation is 2. The van der Waals surface area contributed by atoms with Crippen molar-refractivity contribution in [3.63, 3.8) is 0 Å². The third-order valence-electron chi connectivity index (χ3n) is 1.81. The molecule has 15 heavy (non-hydrogen) atoms. The number of hydrogen-bond donors (Lipinski definition) is 0. The first-order chi connectivity index (χ1) is 7.28. The van der Waals surface area contributed by atoms with Gasteiger partial charge in [-0.3, -0.25) is 0 Å². The van der Waals surface area contributed by atoms with Crippen LogP contribution in [-0.2, 0) is 13.0 Å². The molecule has 2 rings (SSSR count). The van der Waals surface area contributed by atoms with Crippen molar-refractivity contribution in [3.05, 3.63) is 23.6 Å². The SMILES string of the molecule is Cc1nc(Cn2cc(CCBr)nn2)no1. The van der Waals surface area contributed by atoms with Crippen LogP contribution in [0.5, 0.6) is 0 Å². The van der Waals surface area contributed by atoms with Gasteiger partial charge in [0.1, 0.15) is 6.54 Å². The molecule has 0 amide bonds. The Morgan fingerprint density at radius 1 is 1.53 bits per heavy atom. The van der Waals surface area contributed by atoms with E-state index in [1.165, 1.54) is 0 Å². The standard InChI is InChI=1S/C8H10BrN5O/c1-6-10-8(12-15-6)5-14-4-7(2-3-9)11-13-14/h4H,2-3,5H2,1H3. The second kappa shape index (κ2) is 4.52.